The molecule has 1 aliphatic carbocycles. The average molecular weight is 403 g/mol. The van der Waals surface area contributed by atoms with E-state index in [1.165, 1.54) is 19.3 Å². The van der Waals surface area contributed by atoms with Gasteiger partial charge >= 0.3 is 0 Å². The van der Waals surface area contributed by atoms with E-state index in [0.29, 0.717) is 38.8 Å². The molecular weight excluding hydrogens is 368 g/mol. The van der Waals surface area contributed by atoms with Crippen LogP contribution in [-0.2, 0) is 16.0 Å². The molecule has 160 valence electrons. The molecule has 1 atom stereocenters. The van der Waals surface area contributed by atoms with Crippen molar-refractivity contribution in [3.63, 3.8) is 0 Å². The highest BCUT2D eigenvalue weighted by molar-refractivity contribution is 5.94. The number of amides is 2. The van der Waals surface area contributed by atoms with Gasteiger partial charge in [-0.25, -0.2) is 0 Å². The van der Waals surface area contributed by atoms with E-state index in [9.17, 15) is 14.7 Å². The van der Waals surface area contributed by atoms with E-state index in [2.05, 4.69) is 5.32 Å². The van der Waals surface area contributed by atoms with Crippen LogP contribution in [0.2, 0.25) is 0 Å². The number of anilines is 1. The molecule has 29 heavy (non-hydrogen) atoms. The highest BCUT2D eigenvalue weighted by atomic mass is 16.5. The molecule has 1 aromatic rings. The quantitative estimate of drug-likeness (QED) is 0.618. The van der Waals surface area contributed by atoms with E-state index >= 15 is 0 Å². The second-order valence-electron chi connectivity index (χ2n) is 8.22. The fourth-order valence-electron chi connectivity index (χ4n) is 4.21. The van der Waals surface area contributed by atoms with Gasteiger partial charge in [-0.05, 0) is 55.9 Å². The number of rotatable bonds is 9. The third-order valence-electron chi connectivity index (χ3n) is 5.99. The highest BCUT2D eigenvalue weighted by Crippen LogP contribution is 2.27. The molecular formula is C23H34N2O4. The molecule has 1 heterocycles. The van der Waals surface area contributed by atoms with Gasteiger partial charge in [-0.15, -0.1) is 0 Å². The number of hydrogen-bond acceptors (Lipinski definition) is 4. The van der Waals surface area contributed by atoms with Crippen molar-refractivity contribution >= 4 is 17.5 Å². The van der Waals surface area contributed by atoms with Crippen molar-refractivity contribution in [2.45, 2.75) is 83.3 Å². The topological polar surface area (TPSA) is 78.9 Å². The van der Waals surface area contributed by atoms with E-state index in [1.807, 2.05) is 30.0 Å². The smallest absolute Gasteiger partial charge is 0.224 e. The number of nitrogens with one attached hydrogen (secondary N) is 1. The number of aliphatic hydroxyl groups excluding tert-OH is 1. The standard InChI is InChI=1S/C23H34N2O4/c1-2-19(26)16-25(18-7-4-3-5-8-18)23(28)9-6-14-29-20-11-12-21-17(15-20)10-13-22(27)24-21/h11-12,15,18-19,26H,2-10,13-14,16H2,1H3,(H,24,27). The summed E-state index contributed by atoms with van der Waals surface area (Å²) in [5, 5.41) is 13.0. The molecule has 3 rings (SSSR count). The van der Waals surface area contributed by atoms with Crippen LogP contribution >= 0.6 is 0 Å². The second kappa shape index (κ2) is 10.6. The van der Waals surface area contributed by atoms with E-state index in [1.54, 1.807) is 0 Å². The molecule has 1 unspecified atom stereocenters. The highest BCUT2D eigenvalue weighted by Gasteiger charge is 2.26. The third-order valence-corrected chi connectivity index (χ3v) is 5.99. The van der Waals surface area contributed by atoms with Crippen molar-refractivity contribution in [1.82, 2.24) is 4.90 Å². The van der Waals surface area contributed by atoms with Crippen LogP contribution in [0.5, 0.6) is 5.75 Å². The van der Waals surface area contributed by atoms with Gasteiger partial charge in [0.1, 0.15) is 5.75 Å². The lowest BCUT2D eigenvalue weighted by molar-refractivity contribution is -0.136. The Bertz CT molecular complexity index is 700. The van der Waals surface area contributed by atoms with Crippen LogP contribution in [0.1, 0.15) is 70.3 Å². The van der Waals surface area contributed by atoms with Crippen molar-refractivity contribution in [2.24, 2.45) is 0 Å². The Labute approximate surface area is 173 Å². The lowest BCUT2D eigenvalue weighted by Gasteiger charge is -2.35. The average Bonchev–Trinajstić information content (AvgIpc) is 2.75. The van der Waals surface area contributed by atoms with Crippen LogP contribution in [0.3, 0.4) is 0 Å². The first-order valence-electron chi connectivity index (χ1n) is 11.1. The molecule has 1 fully saturated rings. The Balaban J connectivity index is 1.47. The molecule has 0 radical (unpaired) electrons. The molecule has 0 saturated heterocycles. The third kappa shape index (κ3) is 6.20. The van der Waals surface area contributed by atoms with E-state index < -0.39 is 6.10 Å². The molecule has 6 heteroatoms. The van der Waals surface area contributed by atoms with E-state index in [-0.39, 0.29) is 17.9 Å². The summed E-state index contributed by atoms with van der Waals surface area (Å²) in [6.07, 6.45) is 8.20. The molecule has 1 aliphatic heterocycles. The Morgan fingerprint density at radius 2 is 2.07 bits per heavy atom. The van der Waals surface area contributed by atoms with Gasteiger partial charge in [0.25, 0.3) is 0 Å². The Hall–Kier alpha value is -2.08. The van der Waals surface area contributed by atoms with Crippen molar-refractivity contribution in [3.8, 4) is 5.75 Å². The molecule has 2 N–H and O–H groups in total. The first kappa shape index (κ1) is 21.6. The van der Waals surface area contributed by atoms with Crippen LogP contribution in [0, 0.1) is 0 Å². The van der Waals surface area contributed by atoms with Crippen molar-refractivity contribution in [2.75, 3.05) is 18.5 Å². The maximum atomic E-state index is 12.8. The maximum Gasteiger partial charge on any atom is 0.224 e. The number of hydrogen-bond donors (Lipinski definition) is 2. The van der Waals surface area contributed by atoms with Gasteiger partial charge in [0, 0.05) is 31.1 Å². The Morgan fingerprint density at radius 1 is 1.28 bits per heavy atom. The molecule has 2 amide bonds. The minimum absolute atomic E-state index is 0.0559. The van der Waals surface area contributed by atoms with Gasteiger partial charge < -0.3 is 20.1 Å². The fraction of sp³-hybridized carbons (Fsp3) is 0.652. The fourth-order valence-corrected chi connectivity index (χ4v) is 4.21. The van der Waals surface area contributed by atoms with Crippen LogP contribution in [0.25, 0.3) is 0 Å². The number of aryl methyl sites for hydroxylation is 1. The van der Waals surface area contributed by atoms with Crippen LogP contribution in [0.4, 0.5) is 5.69 Å². The molecule has 0 aromatic heterocycles. The number of nitrogens with zero attached hydrogens (tertiary/aromatic N) is 1. The number of aliphatic hydroxyl groups is 1. The molecule has 1 saturated carbocycles. The summed E-state index contributed by atoms with van der Waals surface area (Å²) in [5.41, 5.74) is 1.96. The first-order valence-corrected chi connectivity index (χ1v) is 11.1. The number of ether oxygens (including phenoxy) is 1. The maximum absolute atomic E-state index is 12.8. The normalized spacial score (nSPS) is 17.9. The number of carbonyl (C=O) groups excluding carboxylic acids is 2. The van der Waals surface area contributed by atoms with E-state index in [0.717, 1.165) is 36.3 Å². The van der Waals surface area contributed by atoms with Gasteiger partial charge in [-0.1, -0.05) is 26.2 Å². The summed E-state index contributed by atoms with van der Waals surface area (Å²) in [6, 6.07) is 5.99. The Kier molecular flexibility index (Phi) is 7.92. The second-order valence-corrected chi connectivity index (χ2v) is 8.22. The van der Waals surface area contributed by atoms with Crippen molar-refractivity contribution in [1.29, 1.82) is 0 Å². The Morgan fingerprint density at radius 3 is 2.83 bits per heavy atom. The summed E-state index contributed by atoms with van der Waals surface area (Å²) in [6.45, 7) is 2.87. The van der Waals surface area contributed by atoms with Gasteiger partial charge in [0.15, 0.2) is 0 Å². The van der Waals surface area contributed by atoms with Gasteiger partial charge in [0.2, 0.25) is 11.8 Å². The van der Waals surface area contributed by atoms with Crippen LogP contribution < -0.4 is 10.1 Å². The molecule has 0 spiro atoms. The van der Waals surface area contributed by atoms with E-state index in [4.69, 9.17) is 4.74 Å². The SMILES string of the molecule is CCC(O)CN(C(=O)CCCOc1ccc2c(c1)CCC(=O)N2)C1CCCCC1. The first-order chi connectivity index (χ1) is 14.1. The molecule has 2 aliphatic rings. The van der Waals surface area contributed by atoms with Gasteiger partial charge in [-0.3, -0.25) is 9.59 Å². The summed E-state index contributed by atoms with van der Waals surface area (Å²) in [5.74, 6) is 0.958. The lowest BCUT2D eigenvalue weighted by Crippen LogP contribution is -2.45. The minimum atomic E-state index is -0.451. The lowest BCUT2D eigenvalue weighted by atomic mass is 9.93. The van der Waals surface area contributed by atoms with Gasteiger partial charge in [-0.2, -0.15) is 0 Å². The summed E-state index contributed by atoms with van der Waals surface area (Å²) < 4.78 is 5.84. The van der Waals surface area contributed by atoms with Crippen LogP contribution in [0.15, 0.2) is 18.2 Å². The zero-order chi connectivity index (χ0) is 20.6. The monoisotopic (exact) mass is 402 g/mol. The van der Waals surface area contributed by atoms with Crippen molar-refractivity contribution < 1.29 is 19.4 Å². The summed E-state index contributed by atoms with van der Waals surface area (Å²) in [4.78, 5) is 26.2. The summed E-state index contributed by atoms with van der Waals surface area (Å²) in [7, 11) is 0. The molecule has 1 aromatic carbocycles. The predicted molar refractivity (Wildman–Crippen MR) is 113 cm³/mol. The number of carbonyl (C=O) groups is 2. The predicted octanol–water partition coefficient (Wildman–Crippen LogP) is 3.66. The molecule has 0 bridgehead atoms. The zero-order valence-electron chi connectivity index (χ0n) is 17.5. The summed E-state index contributed by atoms with van der Waals surface area (Å²) >= 11 is 0. The minimum Gasteiger partial charge on any atom is -0.494 e. The van der Waals surface area contributed by atoms with Crippen LogP contribution in [-0.4, -0.2) is 47.1 Å². The number of fused-ring (bicyclic) bond motifs is 1. The molecule has 6 nitrogen and oxygen atoms in total. The number of benzene rings is 1. The van der Waals surface area contributed by atoms with Gasteiger partial charge in [0.05, 0.1) is 12.7 Å². The zero-order valence-corrected chi connectivity index (χ0v) is 17.5. The largest absolute Gasteiger partial charge is 0.494 e. The van der Waals surface area contributed by atoms with Crippen molar-refractivity contribution in [3.05, 3.63) is 23.8 Å².